The number of carbonyl (C=O) groups excluding carboxylic acids is 4. The number of ether oxygens (including phenoxy) is 1. The van der Waals surface area contributed by atoms with E-state index in [1.807, 2.05) is 66.7 Å². The molecule has 1 fully saturated rings. The number of rotatable bonds is 15. The molecule has 3 aromatic rings. The van der Waals surface area contributed by atoms with Crippen LogP contribution in [0.25, 0.3) is 0 Å². The summed E-state index contributed by atoms with van der Waals surface area (Å²) in [5.74, 6) is -1.22. The average Bonchev–Trinajstić information content (AvgIpc) is 3.58. The highest BCUT2D eigenvalue weighted by molar-refractivity contribution is 8.02. The lowest BCUT2D eigenvalue weighted by Crippen LogP contribution is -2.71. The fourth-order valence-corrected chi connectivity index (χ4v) is 7.65. The van der Waals surface area contributed by atoms with Crippen molar-refractivity contribution in [3.05, 3.63) is 118 Å². The van der Waals surface area contributed by atoms with E-state index in [0.29, 0.717) is 23.5 Å². The van der Waals surface area contributed by atoms with Crippen molar-refractivity contribution in [3.8, 4) is 6.07 Å². The number of thiazole rings is 1. The Morgan fingerprint density at radius 2 is 1.90 bits per heavy atom. The summed E-state index contributed by atoms with van der Waals surface area (Å²) in [7, 11) is 0. The molecule has 48 heavy (non-hydrogen) atoms. The largest absolute Gasteiger partial charge is 0.448 e. The smallest absolute Gasteiger partial charge is 0.356 e. The summed E-state index contributed by atoms with van der Waals surface area (Å²) in [4.78, 5) is 62.9. The zero-order chi connectivity index (χ0) is 33.9. The minimum Gasteiger partial charge on any atom is -0.448 e. The van der Waals surface area contributed by atoms with Gasteiger partial charge in [0.25, 0.3) is 11.8 Å². The van der Waals surface area contributed by atoms with Gasteiger partial charge >= 0.3 is 5.97 Å². The first kappa shape index (κ1) is 34.2. The third-order valence-corrected chi connectivity index (χ3v) is 9.90. The van der Waals surface area contributed by atoms with Gasteiger partial charge in [-0.1, -0.05) is 78.5 Å². The Morgan fingerprint density at radius 3 is 2.54 bits per heavy atom. The molecule has 0 aliphatic carbocycles. The molecule has 5 rings (SSSR count). The summed E-state index contributed by atoms with van der Waals surface area (Å²) >= 11 is 3.78. The van der Waals surface area contributed by atoms with Gasteiger partial charge in [0, 0.05) is 23.0 Å². The lowest BCUT2D eigenvalue weighted by atomic mass is 10.0. The molecule has 0 bridgehead atoms. The first-order valence-electron chi connectivity index (χ1n) is 14.4. The van der Waals surface area contributed by atoms with E-state index in [-0.39, 0.29) is 28.8 Å². The maximum absolute atomic E-state index is 14.1. The SMILES string of the molecule is C=CCON=C(C(=O)NC1C(=O)N2C(C(=O)OC(c3ccccc3)c3ccccc3)=C(CS/C=C\C#N)CS[C@H]12)c1csc(NC=O)n1. The van der Waals surface area contributed by atoms with Crippen molar-refractivity contribution in [1.82, 2.24) is 15.2 Å². The summed E-state index contributed by atoms with van der Waals surface area (Å²) in [6, 6.07) is 19.5. The van der Waals surface area contributed by atoms with Crippen molar-refractivity contribution in [3.63, 3.8) is 0 Å². The van der Waals surface area contributed by atoms with Crippen LogP contribution in [0.2, 0.25) is 0 Å². The van der Waals surface area contributed by atoms with Crippen LogP contribution in [-0.2, 0) is 28.8 Å². The molecule has 2 aliphatic rings. The second-order valence-corrected chi connectivity index (χ2v) is 12.8. The van der Waals surface area contributed by atoms with Crippen molar-refractivity contribution in [1.29, 1.82) is 5.26 Å². The Kier molecular flexibility index (Phi) is 11.8. The van der Waals surface area contributed by atoms with Crippen LogP contribution in [-0.4, -0.2) is 69.3 Å². The number of nitriles is 1. The molecule has 2 aliphatic heterocycles. The molecule has 3 amide bonds. The van der Waals surface area contributed by atoms with Gasteiger partial charge in [0.2, 0.25) is 6.41 Å². The van der Waals surface area contributed by atoms with Gasteiger partial charge in [0.1, 0.15) is 29.4 Å². The summed E-state index contributed by atoms with van der Waals surface area (Å²) in [5, 5.41) is 20.7. The van der Waals surface area contributed by atoms with E-state index < -0.39 is 35.3 Å². The van der Waals surface area contributed by atoms with Crippen LogP contribution in [0.3, 0.4) is 0 Å². The molecule has 2 aromatic carbocycles. The molecule has 15 heteroatoms. The Hall–Kier alpha value is -5.17. The molecular formula is C33H28N6O6S3. The van der Waals surface area contributed by atoms with Crippen molar-refractivity contribution in [2.45, 2.75) is 17.5 Å². The minimum absolute atomic E-state index is 0.0164. The van der Waals surface area contributed by atoms with Crippen molar-refractivity contribution in [2.75, 3.05) is 23.4 Å². The van der Waals surface area contributed by atoms with Crippen LogP contribution in [0.4, 0.5) is 5.13 Å². The predicted molar refractivity (Wildman–Crippen MR) is 185 cm³/mol. The summed E-state index contributed by atoms with van der Waals surface area (Å²) in [6.45, 7) is 3.58. The zero-order valence-electron chi connectivity index (χ0n) is 25.2. The van der Waals surface area contributed by atoms with E-state index >= 15 is 0 Å². The molecule has 0 spiro atoms. The summed E-state index contributed by atoms with van der Waals surface area (Å²) in [5.41, 5.74) is 2.20. The molecule has 0 saturated carbocycles. The van der Waals surface area contributed by atoms with Gasteiger partial charge in [0.05, 0.1) is 6.07 Å². The number of β-lactam (4-membered cyclic amide) rings is 1. The van der Waals surface area contributed by atoms with E-state index in [4.69, 9.17) is 14.8 Å². The third kappa shape index (κ3) is 7.85. The van der Waals surface area contributed by atoms with Gasteiger partial charge < -0.3 is 20.2 Å². The molecule has 2 N–H and O–H groups in total. The monoisotopic (exact) mass is 700 g/mol. The second kappa shape index (κ2) is 16.6. The van der Waals surface area contributed by atoms with Gasteiger partial charge in [-0.05, 0) is 22.1 Å². The topological polar surface area (TPSA) is 163 Å². The number of carbonyl (C=O) groups is 4. The van der Waals surface area contributed by atoms with E-state index in [1.54, 1.807) is 5.41 Å². The van der Waals surface area contributed by atoms with Crippen LogP contribution in [0, 0.1) is 11.3 Å². The number of aromatic nitrogens is 1. The fraction of sp³-hybridized carbons (Fsp3) is 0.182. The standard InChI is InChI=1S/C33H28N6O6S3/c1-2-15-44-38-25(24-19-48-33(36-24)35-20-40)29(41)37-26-30(42)39-27(23(18-47-31(26)39)17-46-16-9-14-34)32(43)45-28(21-10-5-3-6-11-21)22-12-7-4-8-13-22/h2-13,16,19-20,26,28,31H,1,15,17-18H2,(H,37,41)(H,35,36,40)/b16-9-,38-25?/t26?,31-/m1/s1. The lowest BCUT2D eigenvalue weighted by Gasteiger charge is -2.49. The van der Waals surface area contributed by atoms with Gasteiger partial charge in [-0.3, -0.25) is 19.3 Å². The maximum atomic E-state index is 14.1. The molecular weight excluding hydrogens is 673 g/mol. The van der Waals surface area contributed by atoms with Crippen LogP contribution in [0.1, 0.15) is 22.9 Å². The molecule has 1 aromatic heterocycles. The number of oxime groups is 1. The number of nitrogens with zero attached hydrogens (tertiary/aromatic N) is 4. The number of hydrogen-bond acceptors (Lipinski definition) is 12. The highest BCUT2D eigenvalue weighted by Crippen LogP contribution is 2.42. The van der Waals surface area contributed by atoms with E-state index in [1.165, 1.54) is 46.0 Å². The first-order chi connectivity index (χ1) is 23.5. The van der Waals surface area contributed by atoms with E-state index in [0.717, 1.165) is 22.5 Å². The highest BCUT2D eigenvalue weighted by atomic mass is 32.2. The quantitative estimate of drug-likeness (QED) is 0.0340. The highest BCUT2D eigenvalue weighted by Gasteiger charge is 2.55. The van der Waals surface area contributed by atoms with Gasteiger partial charge in [-0.15, -0.1) is 34.9 Å². The molecule has 2 atom stereocenters. The predicted octanol–water partition coefficient (Wildman–Crippen LogP) is 4.38. The van der Waals surface area contributed by atoms with Gasteiger partial charge in [-0.25, -0.2) is 9.78 Å². The van der Waals surface area contributed by atoms with E-state index in [9.17, 15) is 19.2 Å². The molecule has 1 unspecified atom stereocenters. The molecule has 12 nitrogen and oxygen atoms in total. The Balaban J connectivity index is 1.41. The van der Waals surface area contributed by atoms with E-state index in [2.05, 4.69) is 27.4 Å². The lowest BCUT2D eigenvalue weighted by molar-refractivity contribution is -0.154. The Morgan fingerprint density at radius 1 is 1.19 bits per heavy atom. The summed E-state index contributed by atoms with van der Waals surface area (Å²) in [6.07, 6.45) is 2.50. The molecule has 3 heterocycles. The Labute approximate surface area is 288 Å². The number of allylic oxidation sites excluding steroid dienone is 1. The van der Waals surface area contributed by atoms with Crippen LogP contribution in [0.5, 0.6) is 0 Å². The van der Waals surface area contributed by atoms with Crippen LogP contribution in [0.15, 0.2) is 107 Å². The van der Waals surface area contributed by atoms with Crippen LogP contribution < -0.4 is 10.6 Å². The van der Waals surface area contributed by atoms with Crippen molar-refractivity contribution >= 4 is 69.9 Å². The van der Waals surface area contributed by atoms with Crippen molar-refractivity contribution < 1.29 is 28.8 Å². The normalized spacial score (nSPS) is 17.3. The number of esters is 1. The number of anilines is 1. The Bertz CT molecular complexity index is 1760. The minimum atomic E-state index is -0.993. The third-order valence-electron chi connectivity index (χ3n) is 6.95. The van der Waals surface area contributed by atoms with Crippen molar-refractivity contribution in [2.24, 2.45) is 5.16 Å². The number of thioether (sulfide) groups is 2. The van der Waals surface area contributed by atoms with Gasteiger partial charge in [0.15, 0.2) is 16.9 Å². The van der Waals surface area contributed by atoms with Gasteiger partial charge in [-0.2, -0.15) is 5.26 Å². The second-order valence-electron chi connectivity index (χ2n) is 9.99. The average molecular weight is 701 g/mol. The summed E-state index contributed by atoms with van der Waals surface area (Å²) < 4.78 is 6.16. The number of benzene rings is 2. The first-order valence-corrected chi connectivity index (χ1v) is 17.4. The molecule has 1 saturated heterocycles. The fourth-order valence-electron chi connectivity index (χ4n) is 4.82. The zero-order valence-corrected chi connectivity index (χ0v) is 27.6. The molecule has 244 valence electrons. The number of amides is 3. The number of fused-ring (bicyclic) bond motifs is 1. The van der Waals surface area contributed by atoms with Crippen LogP contribution >= 0.6 is 34.9 Å². The number of nitrogens with one attached hydrogen (secondary N) is 2. The number of hydrogen-bond donors (Lipinski definition) is 2. The maximum Gasteiger partial charge on any atom is 0.356 e. The molecule has 0 radical (unpaired) electrons.